The second-order valence-electron chi connectivity index (χ2n) is 4.45. The van der Waals surface area contributed by atoms with E-state index in [-0.39, 0.29) is 36.2 Å². The SMILES string of the molecule is [N-]=[N+]=NCC1CC(=O)N(c2cccc([N+](=O)[O-])c2N)C1. The van der Waals surface area contributed by atoms with E-state index >= 15 is 0 Å². The monoisotopic (exact) mass is 276 g/mol. The quantitative estimate of drug-likeness (QED) is 0.224. The second-order valence-corrected chi connectivity index (χ2v) is 4.45. The number of azide groups is 1. The second kappa shape index (κ2) is 5.45. The van der Waals surface area contributed by atoms with Gasteiger partial charge in [-0.1, -0.05) is 11.2 Å². The summed E-state index contributed by atoms with van der Waals surface area (Å²) >= 11 is 0. The van der Waals surface area contributed by atoms with Gasteiger partial charge in [0.1, 0.15) is 5.69 Å². The molecule has 2 rings (SSSR count). The number of nitrogens with zero attached hydrogens (tertiary/aromatic N) is 5. The van der Waals surface area contributed by atoms with Crippen LogP contribution in [0.4, 0.5) is 17.1 Å². The molecule has 1 aliphatic rings. The molecule has 0 aromatic heterocycles. The van der Waals surface area contributed by atoms with Gasteiger partial charge in [-0.2, -0.15) is 0 Å². The lowest BCUT2D eigenvalue weighted by atomic mass is 10.1. The molecule has 1 unspecified atom stereocenters. The summed E-state index contributed by atoms with van der Waals surface area (Å²) in [5.41, 5.74) is 14.1. The average Bonchev–Trinajstić information content (AvgIpc) is 2.77. The molecule has 1 heterocycles. The summed E-state index contributed by atoms with van der Waals surface area (Å²) in [6.45, 7) is 0.552. The molecule has 20 heavy (non-hydrogen) atoms. The van der Waals surface area contributed by atoms with Crippen LogP contribution in [0.3, 0.4) is 0 Å². The van der Waals surface area contributed by atoms with Crippen molar-refractivity contribution in [1.29, 1.82) is 0 Å². The third kappa shape index (κ3) is 2.47. The largest absolute Gasteiger partial charge is 0.391 e. The number of benzene rings is 1. The van der Waals surface area contributed by atoms with Crippen molar-refractivity contribution in [3.05, 3.63) is 38.8 Å². The molecule has 0 saturated carbocycles. The Labute approximate surface area is 113 Å². The number of anilines is 2. The smallest absolute Gasteiger partial charge is 0.294 e. The molecule has 2 N–H and O–H groups in total. The number of hydrogen-bond donors (Lipinski definition) is 1. The molecule has 9 heteroatoms. The molecule has 104 valence electrons. The van der Waals surface area contributed by atoms with Crippen molar-refractivity contribution < 1.29 is 9.72 Å². The summed E-state index contributed by atoms with van der Waals surface area (Å²) in [4.78, 5) is 26.3. The summed E-state index contributed by atoms with van der Waals surface area (Å²) in [7, 11) is 0. The fraction of sp³-hybridized carbons (Fsp3) is 0.364. The van der Waals surface area contributed by atoms with Crippen LogP contribution in [0.15, 0.2) is 23.3 Å². The third-order valence-corrected chi connectivity index (χ3v) is 3.16. The van der Waals surface area contributed by atoms with Crippen LogP contribution < -0.4 is 10.6 Å². The van der Waals surface area contributed by atoms with E-state index in [1.54, 1.807) is 6.07 Å². The number of carbonyl (C=O) groups is 1. The van der Waals surface area contributed by atoms with Gasteiger partial charge >= 0.3 is 0 Å². The van der Waals surface area contributed by atoms with Crippen LogP contribution in [0.2, 0.25) is 0 Å². The summed E-state index contributed by atoms with van der Waals surface area (Å²) in [6, 6.07) is 4.34. The Kier molecular flexibility index (Phi) is 3.72. The molecule has 9 nitrogen and oxygen atoms in total. The number of nitrogens with two attached hydrogens (primary N) is 1. The molecule has 1 fully saturated rings. The van der Waals surface area contributed by atoms with Gasteiger partial charge < -0.3 is 10.6 Å². The maximum Gasteiger partial charge on any atom is 0.294 e. The maximum absolute atomic E-state index is 11.9. The number of para-hydroxylation sites is 1. The number of nitro benzene ring substituents is 1. The van der Waals surface area contributed by atoms with Crippen LogP contribution in [-0.4, -0.2) is 23.9 Å². The molecule has 0 aliphatic carbocycles. The first-order valence-electron chi connectivity index (χ1n) is 5.88. The molecule has 1 aromatic carbocycles. The van der Waals surface area contributed by atoms with Crippen molar-refractivity contribution in [3.8, 4) is 0 Å². The molecule has 1 amide bonds. The minimum absolute atomic E-state index is 0.0321. The van der Waals surface area contributed by atoms with Crippen LogP contribution in [0.5, 0.6) is 0 Å². The predicted octanol–water partition coefficient (Wildman–Crippen LogP) is 1.84. The van der Waals surface area contributed by atoms with Gasteiger partial charge in [-0.05, 0) is 17.5 Å². The zero-order chi connectivity index (χ0) is 14.7. The lowest BCUT2D eigenvalue weighted by molar-refractivity contribution is -0.383. The van der Waals surface area contributed by atoms with E-state index in [1.807, 2.05) is 0 Å². The number of nitro groups is 1. The van der Waals surface area contributed by atoms with E-state index in [0.717, 1.165) is 0 Å². The van der Waals surface area contributed by atoms with Gasteiger partial charge in [-0.15, -0.1) is 0 Å². The van der Waals surface area contributed by atoms with Crippen molar-refractivity contribution in [3.63, 3.8) is 0 Å². The van der Waals surface area contributed by atoms with Gasteiger partial charge in [0, 0.05) is 30.5 Å². The Morgan fingerprint density at radius 2 is 2.35 bits per heavy atom. The highest BCUT2D eigenvalue weighted by molar-refractivity contribution is 5.99. The molecule has 0 radical (unpaired) electrons. The Morgan fingerprint density at radius 3 is 3.00 bits per heavy atom. The molecule has 1 atom stereocenters. The van der Waals surface area contributed by atoms with Crippen molar-refractivity contribution in [2.75, 3.05) is 23.7 Å². The van der Waals surface area contributed by atoms with Crippen molar-refractivity contribution >= 4 is 23.0 Å². The molecule has 1 aliphatic heterocycles. The normalized spacial score (nSPS) is 17.9. The number of carbonyl (C=O) groups excluding carboxylic acids is 1. The molecule has 1 saturated heterocycles. The highest BCUT2D eigenvalue weighted by atomic mass is 16.6. The fourth-order valence-electron chi connectivity index (χ4n) is 2.22. The molecule has 1 aromatic rings. The predicted molar refractivity (Wildman–Crippen MR) is 72.0 cm³/mol. The van der Waals surface area contributed by atoms with Gasteiger partial charge in [0.15, 0.2) is 0 Å². The zero-order valence-electron chi connectivity index (χ0n) is 10.5. The van der Waals surface area contributed by atoms with E-state index in [2.05, 4.69) is 10.0 Å². The topological polar surface area (TPSA) is 138 Å². The first-order chi connectivity index (χ1) is 9.54. The standard InChI is InChI=1S/C11H12N6O3/c12-11-8(2-1-3-9(11)17(19)20)16-6-7(4-10(16)18)5-14-15-13/h1-3,7H,4-6,12H2. The Balaban J connectivity index is 2.28. The minimum Gasteiger partial charge on any atom is -0.391 e. The van der Waals surface area contributed by atoms with E-state index < -0.39 is 4.92 Å². The van der Waals surface area contributed by atoms with E-state index in [9.17, 15) is 14.9 Å². The molecule has 0 spiro atoms. The van der Waals surface area contributed by atoms with Gasteiger partial charge in [0.05, 0.1) is 10.6 Å². The minimum atomic E-state index is -0.586. The maximum atomic E-state index is 11.9. The highest BCUT2D eigenvalue weighted by Gasteiger charge is 2.32. The van der Waals surface area contributed by atoms with Gasteiger partial charge in [0.2, 0.25) is 5.91 Å². The summed E-state index contributed by atoms with van der Waals surface area (Å²) < 4.78 is 0. The van der Waals surface area contributed by atoms with E-state index in [1.165, 1.54) is 17.0 Å². The summed E-state index contributed by atoms with van der Waals surface area (Å²) in [5, 5.41) is 14.3. The molecular weight excluding hydrogens is 264 g/mol. The van der Waals surface area contributed by atoms with Crippen molar-refractivity contribution in [2.45, 2.75) is 6.42 Å². The van der Waals surface area contributed by atoms with Crippen molar-refractivity contribution in [2.24, 2.45) is 11.0 Å². The van der Waals surface area contributed by atoms with Crippen molar-refractivity contribution in [1.82, 2.24) is 0 Å². The third-order valence-electron chi connectivity index (χ3n) is 3.16. The summed E-state index contributed by atoms with van der Waals surface area (Å²) in [6.07, 6.45) is 0.237. The fourth-order valence-corrected chi connectivity index (χ4v) is 2.22. The summed E-state index contributed by atoms with van der Waals surface area (Å²) in [5.74, 6) is -0.285. The number of hydrogen-bond acceptors (Lipinski definition) is 5. The van der Waals surface area contributed by atoms with Crippen LogP contribution in [0, 0.1) is 16.0 Å². The number of nitrogen functional groups attached to an aromatic ring is 1. The van der Waals surface area contributed by atoms with Crippen LogP contribution in [0.1, 0.15) is 6.42 Å². The Morgan fingerprint density at radius 1 is 1.60 bits per heavy atom. The highest BCUT2D eigenvalue weighted by Crippen LogP contribution is 2.35. The first kappa shape index (κ1) is 13.6. The first-order valence-corrected chi connectivity index (χ1v) is 5.88. The van der Waals surface area contributed by atoms with Gasteiger partial charge in [0.25, 0.3) is 5.69 Å². The average molecular weight is 276 g/mol. The van der Waals surface area contributed by atoms with E-state index in [0.29, 0.717) is 12.2 Å². The van der Waals surface area contributed by atoms with Crippen LogP contribution in [-0.2, 0) is 4.79 Å². The van der Waals surface area contributed by atoms with Crippen LogP contribution in [0.25, 0.3) is 10.4 Å². The lowest BCUT2D eigenvalue weighted by Crippen LogP contribution is -2.26. The van der Waals surface area contributed by atoms with E-state index in [4.69, 9.17) is 11.3 Å². The molecular formula is C11H12N6O3. The van der Waals surface area contributed by atoms with Crippen LogP contribution >= 0.6 is 0 Å². The Bertz CT molecular complexity index is 610. The van der Waals surface area contributed by atoms with Gasteiger partial charge in [-0.3, -0.25) is 14.9 Å². The number of rotatable bonds is 4. The Hall–Kier alpha value is -2.80. The van der Waals surface area contributed by atoms with Gasteiger partial charge in [-0.25, -0.2) is 0 Å². The zero-order valence-corrected chi connectivity index (χ0v) is 10.5. The molecule has 0 bridgehead atoms. The lowest BCUT2D eigenvalue weighted by Gasteiger charge is -2.18. The number of amides is 1.